The second-order valence-corrected chi connectivity index (χ2v) is 5.70. The Hall–Kier alpha value is -2.04. The Kier molecular flexibility index (Phi) is 4.83. The molecular formula is C16H22N2O3. The SMILES string of the molecule is CN(C(=O)NCC1(C(=O)O)CCCCC1)c1ccccc1. The molecule has 1 aromatic rings. The van der Waals surface area contributed by atoms with Crippen molar-refractivity contribution in [3.63, 3.8) is 0 Å². The monoisotopic (exact) mass is 290 g/mol. The van der Waals surface area contributed by atoms with E-state index in [9.17, 15) is 14.7 Å². The molecule has 21 heavy (non-hydrogen) atoms. The minimum Gasteiger partial charge on any atom is -0.481 e. The number of carboxylic acid groups (broad SMARTS) is 1. The van der Waals surface area contributed by atoms with Crippen molar-refractivity contribution in [3.8, 4) is 0 Å². The molecule has 5 heteroatoms. The van der Waals surface area contributed by atoms with Crippen molar-refractivity contribution >= 4 is 17.7 Å². The first kappa shape index (κ1) is 15.4. The lowest BCUT2D eigenvalue weighted by Gasteiger charge is -2.33. The summed E-state index contributed by atoms with van der Waals surface area (Å²) in [7, 11) is 1.68. The van der Waals surface area contributed by atoms with Crippen LogP contribution in [0.3, 0.4) is 0 Å². The number of nitrogens with zero attached hydrogens (tertiary/aromatic N) is 1. The number of nitrogens with one attached hydrogen (secondary N) is 1. The Morgan fingerprint density at radius 1 is 1.19 bits per heavy atom. The third kappa shape index (κ3) is 3.54. The zero-order valence-corrected chi connectivity index (χ0v) is 12.3. The number of carboxylic acids is 1. The van der Waals surface area contributed by atoms with Crippen LogP contribution in [-0.4, -0.2) is 30.7 Å². The molecule has 0 radical (unpaired) electrons. The van der Waals surface area contributed by atoms with E-state index in [4.69, 9.17) is 0 Å². The van der Waals surface area contributed by atoms with Gasteiger partial charge in [0.15, 0.2) is 0 Å². The second-order valence-electron chi connectivity index (χ2n) is 5.70. The van der Waals surface area contributed by atoms with Crippen LogP contribution >= 0.6 is 0 Å². The molecule has 1 aliphatic carbocycles. The van der Waals surface area contributed by atoms with Crippen molar-refractivity contribution in [2.45, 2.75) is 32.1 Å². The predicted molar refractivity (Wildman–Crippen MR) is 81.4 cm³/mol. The van der Waals surface area contributed by atoms with E-state index < -0.39 is 11.4 Å². The van der Waals surface area contributed by atoms with Crippen LogP contribution in [0.1, 0.15) is 32.1 Å². The first-order valence-corrected chi connectivity index (χ1v) is 7.35. The van der Waals surface area contributed by atoms with Crippen molar-refractivity contribution in [2.24, 2.45) is 5.41 Å². The Morgan fingerprint density at radius 3 is 2.38 bits per heavy atom. The number of carbonyl (C=O) groups is 2. The number of para-hydroxylation sites is 1. The van der Waals surface area contributed by atoms with Gasteiger partial charge in [-0.25, -0.2) is 4.79 Å². The van der Waals surface area contributed by atoms with Crippen LogP contribution in [0.4, 0.5) is 10.5 Å². The Balaban J connectivity index is 1.97. The van der Waals surface area contributed by atoms with Gasteiger partial charge < -0.3 is 10.4 Å². The van der Waals surface area contributed by atoms with Crippen molar-refractivity contribution in [1.82, 2.24) is 5.32 Å². The lowest BCUT2D eigenvalue weighted by atomic mass is 9.74. The number of urea groups is 1. The molecule has 2 rings (SSSR count). The Morgan fingerprint density at radius 2 is 1.81 bits per heavy atom. The van der Waals surface area contributed by atoms with Gasteiger partial charge in [0.1, 0.15) is 0 Å². The fraction of sp³-hybridized carbons (Fsp3) is 0.500. The molecule has 0 atom stereocenters. The summed E-state index contributed by atoms with van der Waals surface area (Å²) in [6.45, 7) is 0.193. The maximum Gasteiger partial charge on any atom is 0.321 e. The normalized spacial score (nSPS) is 17.0. The van der Waals surface area contributed by atoms with Crippen LogP contribution in [0, 0.1) is 5.41 Å². The van der Waals surface area contributed by atoms with E-state index in [1.54, 1.807) is 7.05 Å². The molecule has 2 amide bonds. The van der Waals surface area contributed by atoms with E-state index in [2.05, 4.69) is 5.32 Å². The van der Waals surface area contributed by atoms with E-state index in [0.29, 0.717) is 12.8 Å². The fourth-order valence-corrected chi connectivity index (χ4v) is 2.83. The van der Waals surface area contributed by atoms with Gasteiger partial charge in [-0.05, 0) is 25.0 Å². The van der Waals surface area contributed by atoms with Gasteiger partial charge in [0.05, 0.1) is 5.41 Å². The van der Waals surface area contributed by atoms with Crippen molar-refractivity contribution < 1.29 is 14.7 Å². The van der Waals surface area contributed by atoms with Crippen LogP contribution in [-0.2, 0) is 4.79 Å². The number of amides is 2. The summed E-state index contributed by atoms with van der Waals surface area (Å²) in [5.74, 6) is -0.801. The van der Waals surface area contributed by atoms with Crippen LogP contribution in [0.2, 0.25) is 0 Å². The molecule has 0 unspecified atom stereocenters. The summed E-state index contributed by atoms with van der Waals surface area (Å²) in [4.78, 5) is 25.2. The lowest BCUT2D eigenvalue weighted by Crippen LogP contribution is -2.47. The van der Waals surface area contributed by atoms with Crippen LogP contribution in [0.25, 0.3) is 0 Å². The zero-order valence-electron chi connectivity index (χ0n) is 12.3. The average molecular weight is 290 g/mol. The van der Waals surface area contributed by atoms with Crippen molar-refractivity contribution in [2.75, 3.05) is 18.5 Å². The highest BCUT2D eigenvalue weighted by molar-refractivity contribution is 5.91. The lowest BCUT2D eigenvalue weighted by molar-refractivity contribution is -0.150. The summed E-state index contributed by atoms with van der Waals surface area (Å²) in [6.07, 6.45) is 4.18. The van der Waals surface area contributed by atoms with E-state index in [1.165, 1.54) is 4.90 Å². The molecule has 0 heterocycles. The first-order chi connectivity index (χ1) is 10.1. The number of hydrogen-bond donors (Lipinski definition) is 2. The quantitative estimate of drug-likeness (QED) is 0.895. The van der Waals surface area contributed by atoms with Gasteiger partial charge in [0.25, 0.3) is 0 Å². The molecule has 1 saturated carbocycles. The third-order valence-electron chi connectivity index (χ3n) is 4.29. The van der Waals surface area contributed by atoms with Gasteiger partial charge >= 0.3 is 12.0 Å². The molecule has 2 N–H and O–H groups in total. The maximum absolute atomic E-state index is 12.2. The van der Waals surface area contributed by atoms with Gasteiger partial charge in [-0.2, -0.15) is 0 Å². The minimum atomic E-state index is -0.801. The van der Waals surface area contributed by atoms with Crippen molar-refractivity contribution in [1.29, 1.82) is 0 Å². The predicted octanol–water partition coefficient (Wildman–Crippen LogP) is 2.87. The highest BCUT2D eigenvalue weighted by Gasteiger charge is 2.39. The Bertz CT molecular complexity index is 496. The highest BCUT2D eigenvalue weighted by Crippen LogP contribution is 2.36. The molecule has 5 nitrogen and oxygen atoms in total. The molecule has 114 valence electrons. The van der Waals surface area contributed by atoms with Gasteiger partial charge in [-0.3, -0.25) is 9.69 Å². The standard InChI is InChI=1S/C16H22N2O3/c1-18(13-8-4-2-5-9-13)15(21)17-12-16(14(19)20)10-6-3-7-11-16/h2,4-5,8-9H,3,6-7,10-12H2,1H3,(H,17,21)(H,19,20). The number of hydrogen-bond acceptors (Lipinski definition) is 2. The second kappa shape index (κ2) is 6.61. The van der Waals surface area contributed by atoms with Crippen LogP contribution in [0.15, 0.2) is 30.3 Å². The number of rotatable bonds is 4. The molecule has 0 spiro atoms. The number of benzene rings is 1. The molecule has 0 saturated heterocycles. The van der Waals surface area contributed by atoms with Gasteiger partial charge in [-0.1, -0.05) is 37.5 Å². The summed E-state index contributed by atoms with van der Waals surface area (Å²) in [5.41, 5.74) is -0.0196. The number of carbonyl (C=O) groups excluding carboxylic acids is 1. The average Bonchev–Trinajstić information content (AvgIpc) is 2.53. The molecule has 0 aliphatic heterocycles. The molecule has 1 fully saturated rings. The Labute approximate surface area is 125 Å². The fourth-order valence-electron chi connectivity index (χ4n) is 2.83. The summed E-state index contributed by atoms with van der Waals surface area (Å²) in [6, 6.07) is 9.02. The highest BCUT2D eigenvalue weighted by atomic mass is 16.4. The molecular weight excluding hydrogens is 268 g/mol. The minimum absolute atomic E-state index is 0.193. The van der Waals surface area contributed by atoms with Gasteiger partial charge in [-0.15, -0.1) is 0 Å². The molecule has 0 bridgehead atoms. The summed E-state index contributed by atoms with van der Waals surface area (Å²) in [5, 5.41) is 12.3. The number of aliphatic carboxylic acids is 1. The maximum atomic E-state index is 12.2. The summed E-state index contributed by atoms with van der Waals surface area (Å²) >= 11 is 0. The van der Waals surface area contributed by atoms with E-state index >= 15 is 0 Å². The first-order valence-electron chi connectivity index (χ1n) is 7.35. The van der Waals surface area contributed by atoms with Gasteiger partial charge in [0, 0.05) is 19.3 Å². The topological polar surface area (TPSA) is 69.6 Å². The molecule has 0 aromatic heterocycles. The van der Waals surface area contributed by atoms with Gasteiger partial charge in [0.2, 0.25) is 0 Å². The van der Waals surface area contributed by atoms with E-state index in [1.807, 2.05) is 30.3 Å². The number of anilines is 1. The third-order valence-corrected chi connectivity index (χ3v) is 4.29. The van der Waals surface area contributed by atoms with Crippen LogP contribution < -0.4 is 10.2 Å². The summed E-state index contributed by atoms with van der Waals surface area (Å²) < 4.78 is 0. The largest absolute Gasteiger partial charge is 0.481 e. The molecule has 1 aliphatic rings. The zero-order chi connectivity index (χ0) is 15.3. The van der Waals surface area contributed by atoms with E-state index in [0.717, 1.165) is 24.9 Å². The van der Waals surface area contributed by atoms with Crippen LogP contribution in [0.5, 0.6) is 0 Å². The van der Waals surface area contributed by atoms with E-state index in [-0.39, 0.29) is 12.6 Å². The molecule has 1 aromatic carbocycles. The smallest absolute Gasteiger partial charge is 0.321 e. The van der Waals surface area contributed by atoms with Crippen molar-refractivity contribution in [3.05, 3.63) is 30.3 Å².